The Balaban J connectivity index is 3.14. The predicted octanol–water partition coefficient (Wildman–Crippen LogP) is -0.518. The number of Topliss-reactive ketones (excluding diaryl/α,β-unsaturated/α-hetero) is 1. The van der Waals surface area contributed by atoms with Crippen molar-refractivity contribution in [1.82, 2.24) is 0 Å². The highest BCUT2D eigenvalue weighted by Gasteiger charge is 2.56. The summed E-state index contributed by atoms with van der Waals surface area (Å²) < 4.78 is 24.6. The van der Waals surface area contributed by atoms with Gasteiger partial charge in [0.1, 0.15) is 0 Å². The largest absolute Gasteiger partial charge is 0.867 e. The zero-order chi connectivity index (χ0) is 9.73. The lowest BCUT2D eigenvalue weighted by atomic mass is 9.94. The van der Waals surface area contributed by atoms with Gasteiger partial charge >= 0.3 is 5.92 Å². The summed E-state index contributed by atoms with van der Waals surface area (Å²) in [7, 11) is 4.50. The summed E-state index contributed by atoms with van der Waals surface area (Å²) in [6.45, 7) is 0. The van der Waals surface area contributed by atoms with Crippen LogP contribution in [0.25, 0.3) is 0 Å². The molecule has 1 rings (SSSR count). The van der Waals surface area contributed by atoms with Crippen LogP contribution in [0.3, 0.4) is 0 Å². The van der Waals surface area contributed by atoms with E-state index in [1.54, 1.807) is 0 Å². The van der Waals surface area contributed by atoms with Gasteiger partial charge in [-0.25, -0.2) is 0 Å². The fourth-order valence-corrected chi connectivity index (χ4v) is 1.05. The molecule has 0 atom stereocenters. The Bertz CT molecular complexity index is 276. The van der Waals surface area contributed by atoms with E-state index >= 15 is 0 Å². The first-order valence-electron chi connectivity index (χ1n) is 3.35. The summed E-state index contributed by atoms with van der Waals surface area (Å²) in [5, 5.41) is 10.7. The molecule has 1 aliphatic rings. The molecule has 68 valence electrons. The molecule has 0 spiro atoms. The van der Waals surface area contributed by atoms with Gasteiger partial charge in [-0.05, 0) is 0 Å². The Morgan fingerprint density at radius 1 is 1.33 bits per heavy atom. The predicted molar refractivity (Wildman–Crippen MR) is 35.0 cm³/mol. The number of quaternary nitrogens is 1. The SMILES string of the molecule is C[N+](C)(C)C1=C([O-])C(F)(F)C1=O. The first-order chi connectivity index (χ1) is 5.19. The van der Waals surface area contributed by atoms with Gasteiger partial charge in [0.15, 0.2) is 5.70 Å². The third-order valence-corrected chi connectivity index (χ3v) is 1.67. The van der Waals surface area contributed by atoms with Crippen LogP contribution in [0.1, 0.15) is 0 Å². The lowest BCUT2D eigenvalue weighted by molar-refractivity contribution is -0.831. The molecular weight excluding hydrogens is 168 g/mol. The smallest absolute Gasteiger partial charge is 0.332 e. The van der Waals surface area contributed by atoms with Gasteiger partial charge in [0.05, 0.1) is 21.1 Å². The van der Waals surface area contributed by atoms with Gasteiger partial charge in [-0.2, -0.15) is 8.78 Å². The van der Waals surface area contributed by atoms with Crippen LogP contribution in [-0.2, 0) is 4.79 Å². The molecule has 0 unspecified atom stereocenters. The number of alkyl halides is 2. The number of carbonyl (C=O) groups is 1. The number of halogens is 2. The maximum atomic E-state index is 12.4. The minimum absolute atomic E-state index is 0.146. The van der Waals surface area contributed by atoms with Gasteiger partial charge in [0, 0.05) is 5.76 Å². The number of allylic oxidation sites excluding steroid dienone is 2. The van der Waals surface area contributed by atoms with Crippen molar-refractivity contribution in [2.75, 3.05) is 21.1 Å². The Hall–Kier alpha value is -0.970. The van der Waals surface area contributed by atoms with Crippen LogP contribution in [0.15, 0.2) is 11.5 Å². The number of carbonyl (C=O) groups excluding carboxylic acids is 1. The second kappa shape index (κ2) is 2.04. The van der Waals surface area contributed by atoms with Gasteiger partial charge in [0.25, 0.3) is 5.78 Å². The van der Waals surface area contributed by atoms with Crippen molar-refractivity contribution in [3.63, 3.8) is 0 Å². The molecule has 0 aliphatic heterocycles. The highest BCUT2D eigenvalue weighted by atomic mass is 19.3. The fraction of sp³-hybridized carbons (Fsp3) is 0.571. The second-order valence-electron chi connectivity index (χ2n) is 3.59. The molecule has 0 aromatic carbocycles. The van der Waals surface area contributed by atoms with Gasteiger partial charge in [0.2, 0.25) is 0 Å². The highest BCUT2D eigenvalue weighted by Crippen LogP contribution is 2.39. The van der Waals surface area contributed by atoms with E-state index < -0.39 is 17.5 Å². The van der Waals surface area contributed by atoms with Crippen LogP contribution in [0.4, 0.5) is 8.78 Å². The molecule has 0 aromatic rings. The molecule has 0 radical (unpaired) electrons. The first-order valence-corrected chi connectivity index (χ1v) is 3.35. The molecule has 0 amide bonds. The average molecular weight is 177 g/mol. The van der Waals surface area contributed by atoms with E-state index in [9.17, 15) is 18.7 Å². The van der Waals surface area contributed by atoms with Crippen LogP contribution in [0.2, 0.25) is 0 Å². The van der Waals surface area contributed by atoms with Crippen molar-refractivity contribution >= 4 is 5.78 Å². The van der Waals surface area contributed by atoms with E-state index in [1.165, 1.54) is 21.1 Å². The summed E-state index contributed by atoms with van der Waals surface area (Å²) in [6.07, 6.45) is 0. The lowest BCUT2D eigenvalue weighted by Crippen LogP contribution is -2.57. The molecular formula is C7H9F2NO2. The summed E-state index contributed by atoms with van der Waals surface area (Å²) in [5.41, 5.74) is -0.333. The number of rotatable bonds is 1. The molecule has 0 saturated carbocycles. The molecule has 1 aliphatic carbocycles. The third-order valence-electron chi connectivity index (χ3n) is 1.67. The van der Waals surface area contributed by atoms with Gasteiger partial charge < -0.3 is 5.11 Å². The molecule has 0 saturated heterocycles. The van der Waals surface area contributed by atoms with Crippen molar-refractivity contribution in [2.24, 2.45) is 0 Å². The molecule has 3 nitrogen and oxygen atoms in total. The van der Waals surface area contributed by atoms with Crippen LogP contribution in [-0.4, -0.2) is 37.3 Å². The van der Waals surface area contributed by atoms with Crippen LogP contribution < -0.4 is 5.11 Å². The Labute approximate surface area is 68.5 Å². The summed E-state index contributed by atoms with van der Waals surface area (Å²) >= 11 is 0. The maximum Gasteiger partial charge on any atom is 0.332 e. The maximum absolute atomic E-state index is 12.4. The van der Waals surface area contributed by atoms with Gasteiger partial charge in [-0.1, -0.05) is 0 Å². The molecule has 0 fully saturated rings. The monoisotopic (exact) mass is 177 g/mol. The third kappa shape index (κ3) is 0.929. The highest BCUT2D eigenvalue weighted by molar-refractivity contribution is 6.08. The van der Waals surface area contributed by atoms with Crippen molar-refractivity contribution in [3.05, 3.63) is 11.5 Å². The second-order valence-corrected chi connectivity index (χ2v) is 3.59. The van der Waals surface area contributed by atoms with E-state index in [2.05, 4.69) is 0 Å². The van der Waals surface area contributed by atoms with Crippen molar-refractivity contribution in [1.29, 1.82) is 0 Å². The minimum atomic E-state index is -3.76. The number of hydrogen-bond acceptors (Lipinski definition) is 2. The topological polar surface area (TPSA) is 40.1 Å². The van der Waals surface area contributed by atoms with E-state index in [4.69, 9.17) is 0 Å². The van der Waals surface area contributed by atoms with Crippen LogP contribution in [0.5, 0.6) is 0 Å². The molecule has 5 heteroatoms. The lowest BCUT2D eigenvalue weighted by Gasteiger charge is -2.40. The van der Waals surface area contributed by atoms with Crippen LogP contribution >= 0.6 is 0 Å². The zero-order valence-electron chi connectivity index (χ0n) is 7.02. The Morgan fingerprint density at radius 3 is 1.92 bits per heavy atom. The van der Waals surface area contributed by atoms with E-state index in [-0.39, 0.29) is 10.2 Å². The molecule has 0 bridgehead atoms. The molecule has 0 N–H and O–H groups in total. The number of likely N-dealkylation sites (N-methyl/N-ethyl adjacent to an activating group) is 1. The Morgan fingerprint density at radius 2 is 1.75 bits per heavy atom. The first kappa shape index (κ1) is 9.12. The molecule has 12 heavy (non-hydrogen) atoms. The van der Waals surface area contributed by atoms with Crippen molar-refractivity contribution in [2.45, 2.75) is 5.92 Å². The van der Waals surface area contributed by atoms with Crippen molar-refractivity contribution < 1.29 is 23.2 Å². The minimum Gasteiger partial charge on any atom is -0.867 e. The fourth-order valence-electron chi connectivity index (χ4n) is 1.05. The molecule has 0 aromatic heterocycles. The van der Waals surface area contributed by atoms with Gasteiger partial charge in [-0.15, -0.1) is 0 Å². The summed E-state index contributed by atoms with van der Waals surface area (Å²) in [4.78, 5) is 10.7. The number of nitrogens with zero attached hydrogens (tertiary/aromatic N) is 1. The van der Waals surface area contributed by atoms with Gasteiger partial charge in [-0.3, -0.25) is 9.28 Å². The van der Waals surface area contributed by atoms with Crippen LogP contribution in [0, 0.1) is 0 Å². The summed E-state index contributed by atoms with van der Waals surface area (Å²) in [6, 6.07) is 0. The van der Waals surface area contributed by atoms with E-state index in [0.717, 1.165) is 0 Å². The van der Waals surface area contributed by atoms with E-state index in [1.807, 2.05) is 0 Å². The molecule has 0 heterocycles. The number of hydrogen-bond donors (Lipinski definition) is 0. The normalized spacial score (nSPS) is 22.6. The zero-order valence-corrected chi connectivity index (χ0v) is 7.02. The average Bonchev–Trinajstić information content (AvgIpc) is 1.85. The Kier molecular flexibility index (Phi) is 1.55. The summed E-state index contributed by atoms with van der Waals surface area (Å²) in [5.74, 6) is -6.46. The van der Waals surface area contributed by atoms with Crippen molar-refractivity contribution in [3.8, 4) is 0 Å². The standard InChI is InChI=1S/C7H9F2NO2/c1-10(2,3)4-5(11)7(8,9)6(4)12/h1-3H3. The quantitative estimate of drug-likeness (QED) is 0.506. The number of ketones is 1. The van der Waals surface area contributed by atoms with E-state index in [0.29, 0.717) is 0 Å².